The van der Waals surface area contributed by atoms with Crippen molar-refractivity contribution in [3.05, 3.63) is 128 Å². The summed E-state index contributed by atoms with van der Waals surface area (Å²) in [6, 6.07) is 26.1. The van der Waals surface area contributed by atoms with Gasteiger partial charge in [0.1, 0.15) is 22.9 Å². The summed E-state index contributed by atoms with van der Waals surface area (Å²) in [6.45, 7) is 11.2. The van der Waals surface area contributed by atoms with Crippen LogP contribution in [0.3, 0.4) is 0 Å². The molecule has 51 heavy (non-hydrogen) atoms. The summed E-state index contributed by atoms with van der Waals surface area (Å²) < 4.78 is 23.8. The smallest absolute Gasteiger partial charge is 0.298 e. The third-order valence-electron chi connectivity index (χ3n) is 8.54. The number of ether oxygens (including phenoxy) is 2. The molecule has 262 valence electrons. The first-order valence-electron chi connectivity index (χ1n) is 16.7. The molecule has 2 aromatic heterocycles. The molecule has 0 aliphatic carbocycles. The maximum atomic E-state index is 6.90. The Bertz CT molecular complexity index is 2150. The first-order chi connectivity index (χ1) is 24.6. The number of halogens is 2. The average Bonchev–Trinajstić information content (AvgIpc) is 3.78. The number of benzene rings is 4. The molecule has 0 fully saturated rings. The third-order valence-corrected chi connectivity index (χ3v) is 10.3. The Morgan fingerprint density at radius 3 is 2.14 bits per heavy atom. The molecule has 0 saturated heterocycles. The van der Waals surface area contributed by atoms with E-state index >= 15 is 0 Å². The van der Waals surface area contributed by atoms with E-state index in [1.54, 1.807) is 0 Å². The molecule has 1 atom stereocenters. The van der Waals surface area contributed by atoms with E-state index in [9.17, 15) is 0 Å². The van der Waals surface area contributed by atoms with E-state index in [1.165, 1.54) is 28.6 Å². The van der Waals surface area contributed by atoms with Crippen molar-refractivity contribution < 1.29 is 14.0 Å². The van der Waals surface area contributed by atoms with E-state index in [-0.39, 0.29) is 5.92 Å². The second kappa shape index (κ2) is 16.3. The van der Waals surface area contributed by atoms with Gasteiger partial charge < -0.3 is 9.47 Å². The van der Waals surface area contributed by atoms with Gasteiger partial charge in [0.2, 0.25) is 6.34 Å². The van der Waals surface area contributed by atoms with Gasteiger partial charge in [-0.15, -0.1) is 0 Å². The predicted molar refractivity (Wildman–Crippen MR) is 210 cm³/mol. The average molecular weight is 759 g/mol. The molecule has 0 N–H and O–H groups in total. The Kier molecular flexibility index (Phi) is 11.7. The van der Waals surface area contributed by atoms with Crippen molar-refractivity contribution >= 4 is 64.0 Å². The van der Waals surface area contributed by atoms with Crippen LogP contribution < -0.4 is 14.4 Å². The highest BCUT2D eigenvalue weighted by Gasteiger charge is 2.25. The van der Waals surface area contributed by atoms with Gasteiger partial charge in [0.15, 0.2) is 11.6 Å². The summed E-state index contributed by atoms with van der Waals surface area (Å²) in [5, 5.41) is 2.11. The molecule has 4 aromatic carbocycles. The van der Waals surface area contributed by atoms with Gasteiger partial charge in [-0.05, 0) is 86.7 Å². The first-order valence-corrected chi connectivity index (χ1v) is 19.0. The molecule has 6 rings (SSSR count). The Morgan fingerprint density at radius 2 is 1.43 bits per heavy atom. The van der Waals surface area contributed by atoms with Gasteiger partial charge in [-0.1, -0.05) is 72.6 Å². The minimum Gasteiger partial charge on any atom is -0.430 e. The lowest BCUT2D eigenvalue weighted by molar-refractivity contribution is -0.489. The fourth-order valence-electron chi connectivity index (χ4n) is 5.64. The number of aromatic nitrogens is 4. The van der Waals surface area contributed by atoms with E-state index in [0.29, 0.717) is 38.4 Å². The zero-order valence-corrected chi connectivity index (χ0v) is 32.5. The van der Waals surface area contributed by atoms with Crippen molar-refractivity contribution in [1.82, 2.24) is 18.7 Å². The number of nitrogens with zero attached hydrogens (tertiary/aromatic N) is 6. The molecule has 12 heteroatoms. The van der Waals surface area contributed by atoms with Crippen molar-refractivity contribution in [3.8, 4) is 21.9 Å². The molecule has 8 nitrogen and oxygen atoms in total. The number of hydrogen-bond donors (Lipinski definition) is 0. The maximum absolute atomic E-state index is 6.90. The van der Waals surface area contributed by atoms with Gasteiger partial charge in [-0.3, -0.25) is 4.58 Å². The lowest BCUT2D eigenvalue weighted by Crippen LogP contribution is -2.24. The third kappa shape index (κ3) is 8.76. The lowest BCUT2D eigenvalue weighted by atomic mass is 9.96. The molecule has 0 radical (unpaired) electrons. The summed E-state index contributed by atoms with van der Waals surface area (Å²) in [7, 11) is 2.05. The minimum absolute atomic E-state index is 0.118. The summed E-state index contributed by atoms with van der Waals surface area (Å²) in [5.41, 5.74) is 7.15. The van der Waals surface area contributed by atoms with Gasteiger partial charge in [-0.25, -0.2) is 0 Å². The van der Waals surface area contributed by atoms with Crippen LogP contribution in [0.5, 0.6) is 21.9 Å². The highest BCUT2D eigenvalue weighted by molar-refractivity contribution is 7.07. The second-order valence-electron chi connectivity index (χ2n) is 12.3. The van der Waals surface area contributed by atoms with Gasteiger partial charge in [0.25, 0.3) is 10.4 Å². The van der Waals surface area contributed by atoms with Crippen molar-refractivity contribution in [2.45, 2.75) is 53.4 Å². The lowest BCUT2D eigenvalue weighted by Gasteiger charge is -2.20. The van der Waals surface area contributed by atoms with E-state index in [2.05, 4.69) is 74.6 Å². The van der Waals surface area contributed by atoms with Gasteiger partial charge in [-0.2, -0.15) is 23.6 Å². The monoisotopic (exact) mass is 757 g/mol. The number of hydrogen-bond acceptors (Lipinski definition) is 8. The largest absolute Gasteiger partial charge is 0.430 e. The van der Waals surface area contributed by atoms with Crippen molar-refractivity contribution in [3.63, 3.8) is 0 Å². The summed E-state index contributed by atoms with van der Waals surface area (Å²) in [6.07, 6.45) is 3.56. The highest BCUT2D eigenvalue weighted by atomic mass is 35.5. The van der Waals surface area contributed by atoms with E-state index < -0.39 is 0 Å². The Balaban J connectivity index is 1.24. The van der Waals surface area contributed by atoms with Gasteiger partial charge in [0.05, 0.1) is 18.6 Å². The Hall–Kier alpha value is -4.35. The molecule has 0 spiro atoms. The molecule has 2 heterocycles. The summed E-state index contributed by atoms with van der Waals surface area (Å²) in [5.74, 6) is 2.82. The zero-order valence-electron chi connectivity index (χ0n) is 29.4. The molecule has 0 aliphatic heterocycles. The molecule has 0 bridgehead atoms. The topological polar surface area (TPSA) is 76.3 Å². The van der Waals surface area contributed by atoms with Gasteiger partial charge >= 0.3 is 0 Å². The number of aryl methyl sites for hydroxylation is 3. The SMILES string of the molecule is CCC(c1ccccc1)c1nsc(Oc2cc(C)c(N(C=[N+](C)CC)c3cc(Cl)c(Oc4nc(Cc5ccc(Cl)cc5)ns4)cc3C)cc2C)n1. The Morgan fingerprint density at radius 1 is 0.784 bits per heavy atom. The van der Waals surface area contributed by atoms with Crippen molar-refractivity contribution in [2.24, 2.45) is 0 Å². The van der Waals surface area contributed by atoms with Crippen LogP contribution in [0.15, 0.2) is 78.9 Å². The molecular formula is C39H39Cl2N6O2S2+. The van der Waals surface area contributed by atoms with E-state index in [0.717, 1.165) is 58.2 Å². The molecule has 0 amide bonds. The molecule has 6 aromatic rings. The van der Waals surface area contributed by atoms with Crippen LogP contribution in [0.2, 0.25) is 10.0 Å². The normalized spacial score (nSPS) is 12.2. The van der Waals surface area contributed by atoms with Crippen molar-refractivity contribution in [2.75, 3.05) is 18.5 Å². The van der Waals surface area contributed by atoms with Crippen LogP contribution in [0, 0.1) is 20.8 Å². The highest BCUT2D eigenvalue weighted by Crippen LogP contribution is 2.41. The van der Waals surface area contributed by atoms with E-state index in [1.807, 2.05) is 75.5 Å². The van der Waals surface area contributed by atoms with Crippen LogP contribution in [-0.4, -0.2) is 43.2 Å². The maximum Gasteiger partial charge on any atom is 0.298 e. The van der Waals surface area contributed by atoms with Crippen LogP contribution in [0.1, 0.15) is 65.7 Å². The number of anilines is 2. The standard InChI is InChI=1S/C39H39Cl2N6O2S2/c1-7-30(28-12-10-9-11-13-28)37-43-39(51-45-37)48-34-19-24(3)32(18-26(34)5)47(23-46(6)8-2)33-22-31(41)35(20-25(33)4)49-38-42-36(44-50-38)21-27-14-16-29(40)17-15-27/h9-20,22-23,30H,7-8,21H2,1-6H3/q+1. The van der Waals surface area contributed by atoms with Crippen LogP contribution in [0.4, 0.5) is 11.4 Å². The van der Waals surface area contributed by atoms with Crippen LogP contribution in [0.25, 0.3) is 0 Å². The quantitative estimate of drug-likeness (QED) is 0.0659. The Labute approximate surface area is 317 Å². The van der Waals surface area contributed by atoms with Crippen LogP contribution >= 0.6 is 46.3 Å². The fraction of sp³-hybridized carbons (Fsp3) is 0.256. The van der Waals surface area contributed by atoms with Crippen molar-refractivity contribution in [1.29, 1.82) is 0 Å². The molecule has 0 saturated carbocycles. The molecule has 1 unspecified atom stereocenters. The number of rotatable bonds is 13. The van der Waals surface area contributed by atoms with Crippen LogP contribution in [-0.2, 0) is 6.42 Å². The zero-order chi connectivity index (χ0) is 36.1. The predicted octanol–water partition coefficient (Wildman–Crippen LogP) is 11.2. The van der Waals surface area contributed by atoms with Gasteiger partial charge in [0, 0.05) is 52.1 Å². The summed E-state index contributed by atoms with van der Waals surface area (Å²) >= 11 is 15.4. The fourth-order valence-corrected chi connectivity index (χ4v) is 7.12. The second-order valence-corrected chi connectivity index (χ2v) is 14.6. The minimum atomic E-state index is 0.118. The molecular weight excluding hydrogens is 720 g/mol. The van der Waals surface area contributed by atoms with E-state index in [4.69, 9.17) is 37.7 Å². The molecule has 0 aliphatic rings. The first kappa shape index (κ1) is 36.4. The summed E-state index contributed by atoms with van der Waals surface area (Å²) in [4.78, 5) is 11.5.